The summed E-state index contributed by atoms with van der Waals surface area (Å²) in [6.07, 6.45) is 4.74. The average molecular weight is 247 g/mol. The molecule has 0 aromatic heterocycles. The number of aliphatic hydroxyl groups excluding tert-OH is 1. The van der Waals surface area contributed by atoms with Gasteiger partial charge in [-0.1, -0.05) is 31.0 Å². The summed E-state index contributed by atoms with van der Waals surface area (Å²) in [5.41, 5.74) is 3.55. The van der Waals surface area contributed by atoms with E-state index in [0.29, 0.717) is 6.04 Å². The third kappa shape index (κ3) is 3.12. The Kier molecular flexibility index (Phi) is 4.41. The Balaban J connectivity index is 2.00. The van der Waals surface area contributed by atoms with Crippen molar-refractivity contribution in [3.8, 4) is 0 Å². The van der Waals surface area contributed by atoms with Crippen molar-refractivity contribution in [2.24, 2.45) is 0 Å². The third-order valence-corrected chi connectivity index (χ3v) is 4.20. The van der Waals surface area contributed by atoms with Crippen molar-refractivity contribution in [1.29, 1.82) is 0 Å². The first-order valence-electron chi connectivity index (χ1n) is 7.09. The zero-order valence-corrected chi connectivity index (χ0v) is 11.7. The summed E-state index contributed by atoms with van der Waals surface area (Å²) in [5.74, 6) is 0. The average Bonchev–Trinajstić information content (AvgIpc) is 2.84. The van der Waals surface area contributed by atoms with Gasteiger partial charge in [0.05, 0.1) is 6.10 Å². The largest absolute Gasteiger partial charge is 0.387 e. The van der Waals surface area contributed by atoms with Gasteiger partial charge in [-0.2, -0.15) is 0 Å². The molecule has 2 atom stereocenters. The molecular formula is C16H25NO. The number of rotatable bonds is 4. The van der Waals surface area contributed by atoms with Crippen LogP contribution >= 0.6 is 0 Å². The molecule has 0 amide bonds. The van der Waals surface area contributed by atoms with Crippen molar-refractivity contribution in [3.05, 3.63) is 34.9 Å². The molecule has 0 heterocycles. The highest BCUT2D eigenvalue weighted by Gasteiger charge is 2.22. The maximum absolute atomic E-state index is 10.4. The molecule has 2 unspecified atom stereocenters. The number of aliphatic hydroxyl groups is 1. The molecule has 1 saturated carbocycles. The fourth-order valence-corrected chi connectivity index (χ4v) is 2.79. The molecule has 2 heteroatoms. The molecule has 0 spiro atoms. The molecule has 1 aliphatic rings. The zero-order valence-electron chi connectivity index (χ0n) is 11.7. The van der Waals surface area contributed by atoms with Crippen LogP contribution in [0.3, 0.4) is 0 Å². The molecule has 2 rings (SSSR count). The van der Waals surface area contributed by atoms with Crippen LogP contribution in [0.2, 0.25) is 0 Å². The summed E-state index contributed by atoms with van der Waals surface area (Å²) in [6, 6.07) is 6.96. The van der Waals surface area contributed by atoms with E-state index in [1.54, 1.807) is 0 Å². The molecular weight excluding hydrogens is 222 g/mol. The minimum absolute atomic E-state index is 0.121. The Bertz CT molecular complexity index is 396. The summed E-state index contributed by atoms with van der Waals surface area (Å²) in [7, 11) is 0. The Morgan fingerprint density at radius 2 is 1.83 bits per heavy atom. The molecule has 0 aliphatic heterocycles. The van der Waals surface area contributed by atoms with E-state index >= 15 is 0 Å². The monoisotopic (exact) mass is 247 g/mol. The quantitative estimate of drug-likeness (QED) is 0.856. The summed E-state index contributed by atoms with van der Waals surface area (Å²) in [4.78, 5) is 0. The lowest BCUT2D eigenvalue weighted by molar-refractivity contribution is 0.129. The van der Waals surface area contributed by atoms with Crippen LogP contribution in [0.15, 0.2) is 18.2 Å². The molecule has 0 radical (unpaired) electrons. The van der Waals surface area contributed by atoms with Gasteiger partial charge in [-0.05, 0) is 50.3 Å². The predicted molar refractivity (Wildman–Crippen MR) is 75.7 cm³/mol. The Labute approximate surface area is 110 Å². The SMILES string of the molecule is Cc1ccc(C(O)C(C)NC2CCCC2)cc1C. The summed E-state index contributed by atoms with van der Waals surface area (Å²) in [6.45, 7) is 6.28. The van der Waals surface area contributed by atoms with Crippen molar-refractivity contribution < 1.29 is 5.11 Å². The van der Waals surface area contributed by atoms with Crippen molar-refractivity contribution in [2.45, 2.75) is 64.6 Å². The maximum Gasteiger partial charge on any atom is 0.0940 e. The molecule has 2 N–H and O–H groups in total. The molecule has 1 aliphatic carbocycles. The van der Waals surface area contributed by atoms with Gasteiger partial charge >= 0.3 is 0 Å². The van der Waals surface area contributed by atoms with Crippen molar-refractivity contribution in [2.75, 3.05) is 0 Å². The number of hydrogen-bond donors (Lipinski definition) is 2. The van der Waals surface area contributed by atoms with Crippen LogP contribution in [0.25, 0.3) is 0 Å². The van der Waals surface area contributed by atoms with Crippen molar-refractivity contribution in [3.63, 3.8) is 0 Å². The first kappa shape index (κ1) is 13.6. The van der Waals surface area contributed by atoms with Gasteiger partial charge < -0.3 is 10.4 Å². The topological polar surface area (TPSA) is 32.3 Å². The van der Waals surface area contributed by atoms with Gasteiger partial charge in [0.15, 0.2) is 0 Å². The van der Waals surface area contributed by atoms with E-state index < -0.39 is 6.10 Å². The van der Waals surface area contributed by atoms with E-state index in [9.17, 15) is 5.11 Å². The lowest BCUT2D eigenvalue weighted by Crippen LogP contribution is -2.38. The van der Waals surface area contributed by atoms with E-state index in [1.807, 2.05) is 6.07 Å². The van der Waals surface area contributed by atoms with Gasteiger partial charge in [0.25, 0.3) is 0 Å². The molecule has 0 bridgehead atoms. The standard InChI is InChI=1S/C16H25NO/c1-11-8-9-14(10-12(11)2)16(18)13(3)17-15-6-4-5-7-15/h8-10,13,15-18H,4-7H2,1-3H3. The lowest BCUT2D eigenvalue weighted by Gasteiger charge is -2.24. The minimum atomic E-state index is -0.412. The summed E-state index contributed by atoms with van der Waals surface area (Å²) >= 11 is 0. The molecule has 0 saturated heterocycles. The fourth-order valence-electron chi connectivity index (χ4n) is 2.79. The molecule has 1 aromatic rings. The highest BCUT2D eigenvalue weighted by Crippen LogP contribution is 2.23. The first-order valence-corrected chi connectivity index (χ1v) is 7.09. The summed E-state index contributed by atoms with van der Waals surface area (Å²) < 4.78 is 0. The van der Waals surface area contributed by atoms with E-state index in [-0.39, 0.29) is 6.04 Å². The van der Waals surface area contributed by atoms with Crippen LogP contribution in [-0.2, 0) is 0 Å². The van der Waals surface area contributed by atoms with Crippen LogP contribution in [0.1, 0.15) is 55.4 Å². The maximum atomic E-state index is 10.4. The van der Waals surface area contributed by atoms with Gasteiger partial charge in [0.1, 0.15) is 0 Å². The first-order chi connectivity index (χ1) is 8.58. The molecule has 1 aromatic carbocycles. The van der Waals surface area contributed by atoms with Gasteiger partial charge in [-0.25, -0.2) is 0 Å². The van der Waals surface area contributed by atoms with Crippen molar-refractivity contribution >= 4 is 0 Å². The number of hydrogen-bond acceptors (Lipinski definition) is 2. The van der Waals surface area contributed by atoms with Gasteiger partial charge in [-0.15, -0.1) is 0 Å². The van der Waals surface area contributed by atoms with Crippen molar-refractivity contribution in [1.82, 2.24) is 5.32 Å². The van der Waals surface area contributed by atoms with E-state index in [1.165, 1.54) is 36.8 Å². The van der Waals surface area contributed by atoms with E-state index in [2.05, 4.69) is 38.2 Å². The smallest absolute Gasteiger partial charge is 0.0940 e. The number of aryl methyl sites for hydroxylation is 2. The summed E-state index contributed by atoms with van der Waals surface area (Å²) in [5, 5.41) is 14.0. The van der Waals surface area contributed by atoms with E-state index in [4.69, 9.17) is 0 Å². The second-order valence-corrected chi connectivity index (χ2v) is 5.73. The second kappa shape index (κ2) is 5.85. The highest BCUT2D eigenvalue weighted by molar-refractivity contribution is 5.31. The van der Waals surface area contributed by atoms with Gasteiger partial charge in [0, 0.05) is 12.1 Å². The minimum Gasteiger partial charge on any atom is -0.387 e. The van der Waals surface area contributed by atoms with Crippen LogP contribution in [0.5, 0.6) is 0 Å². The zero-order chi connectivity index (χ0) is 13.1. The fraction of sp³-hybridized carbons (Fsp3) is 0.625. The highest BCUT2D eigenvalue weighted by atomic mass is 16.3. The van der Waals surface area contributed by atoms with Crippen LogP contribution < -0.4 is 5.32 Å². The molecule has 2 nitrogen and oxygen atoms in total. The third-order valence-electron chi connectivity index (χ3n) is 4.20. The predicted octanol–water partition coefficient (Wildman–Crippen LogP) is 3.26. The molecule has 18 heavy (non-hydrogen) atoms. The Morgan fingerprint density at radius 3 is 2.44 bits per heavy atom. The van der Waals surface area contributed by atoms with Crippen LogP contribution in [0, 0.1) is 13.8 Å². The van der Waals surface area contributed by atoms with Gasteiger partial charge in [-0.3, -0.25) is 0 Å². The van der Waals surface area contributed by atoms with Crippen LogP contribution in [-0.4, -0.2) is 17.2 Å². The number of benzene rings is 1. The number of nitrogens with one attached hydrogen (secondary N) is 1. The Morgan fingerprint density at radius 1 is 1.17 bits per heavy atom. The molecule has 1 fully saturated rings. The lowest BCUT2D eigenvalue weighted by atomic mass is 9.98. The van der Waals surface area contributed by atoms with E-state index in [0.717, 1.165) is 5.56 Å². The second-order valence-electron chi connectivity index (χ2n) is 5.73. The van der Waals surface area contributed by atoms with Crippen LogP contribution in [0.4, 0.5) is 0 Å². The molecule has 100 valence electrons. The van der Waals surface area contributed by atoms with Gasteiger partial charge in [0.2, 0.25) is 0 Å². The Hall–Kier alpha value is -0.860. The normalized spacial score (nSPS) is 20.0.